The summed E-state index contributed by atoms with van der Waals surface area (Å²) in [6, 6.07) is 4.18. The maximum Gasteiger partial charge on any atom is 0.213 e. The Morgan fingerprint density at radius 3 is 2.83 bits per heavy atom. The number of rotatable bonds is 5. The average Bonchev–Trinajstić information content (AvgIpc) is 2.61. The first-order valence-electron chi connectivity index (χ1n) is 8.09. The van der Waals surface area contributed by atoms with Gasteiger partial charge >= 0.3 is 0 Å². The van der Waals surface area contributed by atoms with Crippen molar-refractivity contribution in [3.63, 3.8) is 0 Å². The number of halogens is 1. The molecule has 1 saturated heterocycles. The summed E-state index contributed by atoms with van der Waals surface area (Å²) in [5.74, 6) is 0.198. The van der Waals surface area contributed by atoms with E-state index in [0.717, 1.165) is 32.5 Å². The van der Waals surface area contributed by atoms with E-state index in [1.807, 2.05) is 13.1 Å². The molecule has 0 amide bonds. The molecule has 124 valence electrons. The highest BCUT2D eigenvalue weighted by Gasteiger charge is 2.19. The molecule has 1 N–H and O–H groups in total. The van der Waals surface area contributed by atoms with E-state index in [1.54, 1.807) is 13.2 Å². The highest BCUT2D eigenvalue weighted by Crippen LogP contribution is 2.22. The minimum atomic E-state index is -0.289. The van der Waals surface area contributed by atoms with Gasteiger partial charge in [-0.15, -0.1) is 0 Å². The lowest BCUT2D eigenvalue weighted by atomic mass is 10.0. The van der Waals surface area contributed by atoms with Crippen molar-refractivity contribution < 1.29 is 9.13 Å². The van der Waals surface area contributed by atoms with Gasteiger partial charge in [-0.25, -0.2) is 9.37 Å². The Labute approximate surface area is 135 Å². The summed E-state index contributed by atoms with van der Waals surface area (Å²) >= 11 is 0. The Kier molecular flexibility index (Phi) is 5.03. The number of pyridine rings is 2. The maximum absolute atomic E-state index is 14.3. The topological polar surface area (TPSA) is 50.3 Å². The normalized spacial score (nSPS) is 16.8. The molecule has 0 aromatic carbocycles. The zero-order valence-corrected chi connectivity index (χ0v) is 13.7. The molecule has 0 atom stereocenters. The zero-order valence-electron chi connectivity index (χ0n) is 13.7. The average molecular weight is 318 g/mol. The smallest absolute Gasteiger partial charge is 0.213 e. The van der Waals surface area contributed by atoms with E-state index in [4.69, 9.17) is 4.74 Å². The third-order valence-corrected chi connectivity index (χ3v) is 4.62. The van der Waals surface area contributed by atoms with E-state index in [9.17, 15) is 4.39 Å². The van der Waals surface area contributed by atoms with Gasteiger partial charge in [0.25, 0.3) is 0 Å². The molecule has 23 heavy (non-hydrogen) atoms. The van der Waals surface area contributed by atoms with Crippen molar-refractivity contribution in [2.75, 3.05) is 33.8 Å². The number of piperidine rings is 1. The van der Waals surface area contributed by atoms with Crippen LogP contribution in [0.2, 0.25) is 0 Å². The number of aromatic nitrogens is 2. The third-order valence-electron chi connectivity index (χ3n) is 4.62. The first-order valence-corrected chi connectivity index (χ1v) is 8.09. The van der Waals surface area contributed by atoms with Crippen LogP contribution in [0, 0.1) is 5.82 Å². The molecule has 0 spiro atoms. The fourth-order valence-electron chi connectivity index (χ4n) is 3.14. The molecule has 0 bridgehead atoms. The second kappa shape index (κ2) is 7.19. The predicted molar refractivity (Wildman–Crippen MR) is 88.3 cm³/mol. The summed E-state index contributed by atoms with van der Waals surface area (Å²) < 4.78 is 19.4. The van der Waals surface area contributed by atoms with Crippen molar-refractivity contribution in [3.8, 4) is 5.88 Å². The molecule has 5 nitrogen and oxygen atoms in total. The van der Waals surface area contributed by atoms with Crippen molar-refractivity contribution in [3.05, 3.63) is 29.7 Å². The largest absolute Gasteiger partial charge is 0.481 e. The van der Waals surface area contributed by atoms with E-state index < -0.39 is 0 Å². The second-order valence-electron chi connectivity index (χ2n) is 5.96. The highest BCUT2D eigenvalue weighted by atomic mass is 19.1. The van der Waals surface area contributed by atoms with Gasteiger partial charge in [0, 0.05) is 24.2 Å². The van der Waals surface area contributed by atoms with Gasteiger partial charge in [-0.3, -0.25) is 4.98 Å². The van der Waals surface area contributed by atoms with Crippen LogP contribution < -0.4 is 10.1 Å². The van der Waals surface area contributed by atoms with Crippen LogP contribution in [0.4, 0.5) is 4.39 Å². The minimum Gasteiger partial charge on any atom is -0.481 e. The van der Waals surface area contributed by atoms with Gasteiger partial charge in [0.2, 0.25) is 5.88 Å². The van der Waals surface area contributed by atoms with Crippen LogP contribution in [0.25, 0.3) is 11.0 Å². The highest BCUT2D eigenvalue weighted by molar-refractivity contribution is 5.78. The Morgan fingerprint density at radius 1 is 1.35 bits per heavy atom. The number of nitrogens with one attached hydrogen (secondary N) is 1. The summed E-state index contributed by atoms with van der Waals surface area (Å²) in [5, 5.41) is 3.33. The standard InChI is InChI=1S/C17H23FN4O/c1-19-12-5-8-22(9-6-12)10-7-13-14(18)11-20-15-3-4-16(23-2)21-17(13)15/h3-4,11-12,19H,5-10H2,1-2H3. The van der Waals surface area contributed by atoms with Crippen molar-refractivity contribution in [2.24, 2.45) is 0 Å². The first-order chi connectivity index (χ1) is 11.2. The summed E-state index contributed by atoms with van der Waals surface area (Å²) in [6.07, 6.45) is 4.21. The number of nitrogens with zero attached hydrogens (tertiary/aromatic N) is 3. The molecular formula is C17H23FN4O. The zero-order chi connectivity index (χ0) is 16.2. The Hall–Kier alpha value is -1.79. The Balaban J connectivity index is 1.75. The molecular weight excluding hydrogens is 295 g/mol. The van der Waals surface area contributed by atoms with E-state index in [0.29, 0.717) is 34.9 Å². The summed E-state index contributed by atoms with van der Waals surface area (Å²) in [5.41, 5.74) is 1.94. The monoisotopic (exact) mass is 318 g/mol. The van der Waals surface area contributed by atoms with Crippen molar-refractivity contribution in [1.29, 1.82) is 0 Å². The van der Waals surface area contributed by atoms with E-state index >= 15 is 0 Å². The van der Waals surface area contributed by atoms with Crippen molar-refractivity contribution in [2.45, 2.75) is 25.3 Å². The second-order valence-corrected chi connectivity index (χ2v) is 5.96. The van der Waals surface area contributed by atoms with Crippen molar-refractivity contribution >= 4 is 11.0 Å². The van der Waals surface area contributed by atoms with Crippen LogP contribution in [-0.4, -0.2) is 54.7 Å². The molecule has 0 aliphatic carbocycles. The van der Waals surface area contributed by atoms with Gasteiger partial charge in [0.15, 0.2) is 0 Å². The van der Waals surface area contributed by atoms with Gasteiger partial charge < -0.3 is 15.0 Å². The molecule has 1 aliphatic heterocycles. The SMILES string of the molecule is CNC1CCN(CCc2c(F)cnc3ccc(OC)nc23)CC1. The van der Waals surface area contributed by atoms with E-state index in [1.165, 1.54) is 6.20 Å². The Morgan fingerprint density at radius 2 is 2.13 bits per heavy atom. The lowest BCUT2D eigenvalue weighted by Gasteiger charge is -2.31. The van der Waals surface area contributed by atoms with Crippen LogP contribution in [0.5, 0.6) is 5.88 Å². The van der Waals surface area contributed by atoms with E-state index in [2.05, 4.69) is 20.2 Å². The quantitative estimate of drug-likeness (QED) is 0.914. The van der Waals surface area contributed by atoms with Gasteiger partial charge in [-0.2, -0.15) is 0 Å². The number of ether oxygens (including phenoxy) is 1. The molecule has 6 heteroatoms. The van der Waals surface area contributed by atoms with Crippen LogP contribution in [0.3, 0.4) is 0 Å². The summed E-state index contributed by atoms with van der Waals surface area (Å²) in [4.78, 5) is 10.9. The van der Waals surface area contributed by atoms with Crippen molar-refractivity contribution in [1.82, 2.24) is 20.2 Å². The summed E-state index contributed by atoms with van der Waals surface area (Å²) in [6.45, 7) is 2.94. The van der Waals surface area contributed by atoms with Gasteiger partial charge in [-0.05, 0) is 45.5 Å². The number of hydrogen-bond acceptors (Lipinski definition) is 5. The summed E-state index contributed by atoms with van der Waals surface area (Å²) in [7, 11) is 3.57. The molecule has 0 unspecified atom stereocenters. The molecule has 2 aromatic heterocycles. The van der Waals surface area contributed by atoms with Crippen LogP contribution in [0.1, 0.15) is 18.4 Å². The van der Waals surface area contributed by atoms with Gasteiger partial charge in [0.05, 0.1) is 24.3 Å². The van der Waals surface area contributed by atoms with Crippen LogP contribution >= 0.6 is 0 Å². The molecule has 2 aromatic rings. The van der Waals surface area contributed by atoms with Gasteiger partial charge in [-0.1, -0.05) is 0 Å². The molecule has 0 radical (unpaired) electrons. The first kappa shape index (κ1) is 16.1. The maximum atomic E-state index is 14.3. The van der Waals surface area contributed by atoms with E-state index in [-0.39, 0.29) is 5.82 Å². The number of likely N-dealkylation sites (tertiary alicyclic amines) is 1. The predicted octanol–water partition coefficient (Wildman–Crippen LogP) is 2.00. The number of hydrogen-bond donors (Lipinski definition) is 1. The Bertz CT molecular complexity index is 671. The number of methoxy groups -OCH3 is 1. The van der Waals surface area contributed by atoms with Crippen LogP contribution in [0.15, 0.2) is 18.3 Å². The molecule has 1 fully saturated rings. The fraction of sp³-hybridized carbons (Fsp3) is 0.529. The lowest BCUT2D eigenvalue weighted by Crippen LogP contribution is -2.41. The van der Waals surface area contributed by atoms with Crippen LogP contribution in [-0.2, 0) is 6.42 Å². The molecule has 3 rings (SSSR count). The molecule has 1 aliphatic rings. The van der Waals surface area contributed by atoms with Gasteiger partial charge in [0.1, 0.15) is 5.82 Å². The fourth-order valence-corrected chi connectivity index (χ4v) is 3.14. The minimum absolute atomic E-state index is 0.289. The molecule has 3 heterocycles. The molecule has 0 saturated carbocycles. The third kappa shape index (κ3) is 3.59. The lowest BCUT2D eigenvalue weighted by molar-refractivity contribution is 0.203. The number of fused-ring (bicyclic) bond motifs is 1.